The summed E-state index contributed by atoms with van der Waals surface area (Å²) in [6.07, 6.45) is 0.997. The minimum atomic E-state index is -0.882. The minimum Gasteiger partial charge on any atom is -0.409 e. The fourth-order valence-corrected chi connectivity index (χ4v) is 1.70. The van der Waals surface area contributed by atoms with E-state index >= 15 is 0 Å². The molecule has 0 radical (unpaired) electrons. The number of hydrogen-bond acceptors (Lipinski definition) is 5. The number of hydrogen-bond donors (Lipinski definition) is 3. The summed E-state index contributed by atoms with van der Waals surface area (Å²) in [4.78, 5) is 12.0. The summed E-state index contributed by atoms with van der Waals surface area (Å²) in [5.74, 6) is -0.368. The molecular formula is C11H18N4O3. The molecule has 0 fully saturated rings. The molecule has 0 aliphatic rings. The summed E-state index contributed by atoms with van der Waals surface area (Å²) >= 11 is 0. The third-order valence-electron chi connectivity index (χ3n) is 3.01. The van der Waals surface area contributed by atoms with Crippen molar-refractivity contribution in [2.75, 3.05) is 0 Å². The first-order valence-corrected chi connectivity index (χ1v) is 5.73. The average molecular weight is 254 g/mol. The number of nitrogens with one attached hydrogen (secondary N) is 1. The van der Waals surface area contributed by atoms with Crippen LogP contribution in [0, 0.1) is 6.92 Å². The van der Waals surface area contributed by atoms with Crippen molar-refractivity contribution in [3.8, 4) is 0 Å². The minimum absolute atomic E-state index is 0.0305. The molecule has 0 saturated carbocycles. The lowest BCUT2D eigenvalue weighted by Crippen LogP contribution is -2.56. The maximum absolute atomic E-state index is 12.0. The maximum Gasteiger partial charge on any atom is 0.290 e. The Balaban J connectivity index is 2.95. The summed E-state index contributed by atoms with van der Waals surface area (Å²) in [5.41, 5.74) is 5.37. The van der Waals surface area contributed by atoms with Crippen molar-refractivity contribution in [2.24, 2.45) is 10.9 Å². The van der Waals surface area contributed by atoms with Crippen LogP contribution in [0.1, 0.15) is 42.9 Å². The molecule has 0 unspecified atom stereocenters. The van der Waals surface area contributed by atoms with Gasteiger partial charge in [0.2, 0.25) is 5.76 Å². The van der Waals surface area contributed by atoms with Crippen LogP contribution in [0.2, 0.25) is 0 Å². The van der Waals surface area contributed by atoms with Gasteiger partial charge in [-0.2, -0.15) is 0 Å². The van der Waals surface area contributed by atoms with Crippen LogP contribution < -0.4 is 11.1 Å². The number of amidine groups is 1. The number of nitrogens with zero attached hydrogens (tertiary/aromatic N) is 2. The average Bonchev–Trinajstić information content (AvgIpc) is 2.81. The number of aryl methyl sites for hydroxylation is 1. The van der Waals surface area contributed by atoms with Crippen molar-refractivity contribution in [3.05, 3.63) is 17.5 Å². The molecule has 0 spiro atoms. The number of oxime groups is 1. The molecule has 4 N–H and O–H groups in total. The van der Waals surface area contributed by atoms with Crippen LogP contribution in [0.15, 0.2) is 15.7 Å². The number of carbonyl (C=O) groups is 1. The second kappa shape index (κ2) is 5.52. The van der Waals surface area contributed by atoms with Crippen molar-refractivity contribution < 1.29 is 14.5 Å². The Morgan fingerprint density at radius 3 is 2.61 bits per heavy atom. The van der Waals surface area contributed by atoms with E-state index in [1.165, 1.54) is 6.07 Å². The van der Waals surface area contributed by atoms with E-state index in [2.05, 4.69) is 15.6 Å². The molecule has 7 nitrogen and oxygen atoms in total. The second-order valence-corrected chi connectivity index (χ2v) is 4.06. The number of nitrogens with two attached hydrogens (primary N) is 1. The fourth-order valence-electron chi connectivity index (χ4n) is 1.70. The highest BCUT2D eigenvalue weighted by molar-refractivity contribution is 5.98. The fraction of sp³-hybridized carbons (Fsp3) is 0.545. The second-order valence-electron chi connectivity index (χ2n) is 4.06. The van der Waals surface area contributed by atoms with E-state index in [1.807, 2.05) is 13.8 Å². The van der Waals surface area contributed by atoms with Gasteiger partial charge in [-0.25, -0.2) is 0 Å². The molecule has 1 heterocycles. The SMILES string of the molecule is CCC(CC)(NC(=O)c1cc(C)no1)C(N)=NO. The van der Waals surface area contributed by atoms with E-state index in [0.29, 0.717) is 18.5 Å². The van der Waals surface area contributed by atoms with Gasteiger partial charge in [0.25, 0.3) is 5.91 Å². The van der Waals surface area contributed by atoms with Gasteiger partial charge in [0.05, 0.1) is 5.69 Å². The Labute approximate surface area is 105 Å². The lowest BCUT2D eigenvalue weighted by molar-refractivity contribution is 0.0880. The third kappa shape index (κ3) is 2.61. The highest BCUT2D eigenvalue weighted by Gasteiger charge is 2.34. The summed E-state index contributed by atoms with van der Waals surface area (Å²) in [7, 11) is 0. The monoisotopic (exact) mass is 254 g/mol. The number of rotatable bonds is 5. The Hall–Kier alpha value is -2.05. The van der Waals surface area contributed by atoms with Gasteiger partial charge in [0.1, 0.15) is 5.54 Å². The zero-order chi connectivity index (χ0) is 13.8. The Bertz CT molecular complexity index is 449. The van der Waals surface area contributed by atoms with Crippen LogP contribution in [0.5, 0.6) is 0 Å². The summed E-state index contributed by atoms with van der Waals surface area (Å²) in [6.45, 7) is 5.40. The van der Waals surface area contributed by atoms with Crippen molar-refractivity contribution in [1.82, 2.24) is 10.5 Å². The van der Waals surface area contributed by atoms with Gasteiger partial charge in [0.15, 0.2) is 5.84 Å². The predicted molar refractivity (Wildman–Crippen MR) is 65.4 cm³/mol. The first kappa shape index (κ1) is 14.0. The van der Waals surface area contributed by atoms with Crippen molar-refractivity contribution >= 4 is 11.7 Å². The van der Waals surface area contributed by atoms with E-state index in [4.69, 9.17) is 15.5 Å². The van der Waals surface area contributed by atoms with Crippen molar-refractivity contribution in [1.29, 1.82) is 0 Å². The van der Waals surface area contributed by atoms with Crippen LogP contribution in [0.3, 0.4) is 0 Å². The maximum atomic E-state index is 12.0. The Kier molecular flexibility index (Phi) is 4.30. The van der Waals surface area contributed by atoms with Gasteiger partial charge in [-0.15, -0.1) is 0 Å². The van der Waals surface area contributed by atoms with E-state index in [9.17, 15) is 4.79 Å². The van der Waals surface area contributed by atoms with Gasteiger partial charge < -0.3 is 20.8 Å². The lowest BCUT2D eigenvalue weighted by atomic mass is 9.91. The zero-order valence-corrected chi connectivity index (χ0v) is 10.7. The normalized spacial score (nSPS) is 12.5. The van der Waals surface area contributed by atoms with Gasteiger partial charge in [-0.1, -0.05) is 24.2 Å². The molecular weight excluding hydrogens is 236 g/mol. The molecule has 1 aromatic heterocycles. The van der Waals surface area contributed by atoms with E-state index < -0.39 is 11.4 Å². The molecule has 7 heteroatoms. The molecule has 0 bridgehead atoms. The Morgan fingerprint density at radius 2 is 2.22 bits per heavy atom. The first-order chi connectivity index (χ1) is 8.49. The highest BCUT2D eigenvalue weighted by atomic mass is 16.5. The molecule has 1 rings (SSSR count). The third-order valence-corrected chi connectivity index (χ3v) is 3.01. The predicted octanol–water partition coefficient (Wildman–Crippen LogP) is 1.02. The smallest absolute Gasteiger partial charge is 0.290 e. The summed E-state index contributed by atoms with van der Waals surface area (Å²) < 4.78 is 4.87. The molecule has 1 amide bonds. The number of carbonyl (C=O) groups excluding carboxylic acids is 1. The van der Waals surface area contributed by atoms with Crippen molar-refractivity contribution in [3.63, 3.8) is 0 Å². The molecule has 0 atom stereocenters. The molecule has 1 aromatic rings. The summed E-state index contributed by atoms with van der Waals surface area (Å²) in [6, 6.07) is 1.53. The topological polar surface area (TPSA) is 114 Å². The number of amides is 1. The molecule has 0 aliphatic carbocycles. The lowest BCUT2D eigenvalue weighted by Gasteiger charge is -2.30. The first-order valence-electron chi connectivity index (χ1n) is 5.73. The molecule has 100 valence electrons. The standard InChI is InChI=1S/C11H18N4O3/c1-4-11(5-2,10(12)14-17)13-9(16)8-6-7(3)15-18-8/h6,17H,4-5H2,1-3H3,(H2,12,14)(H,13,16). The van der Waals surface area contributed by atoms with Gasteiger partial charge in [0, 0.05) is 6.07 Å². The van der Waals surface area contributed by atoms with E-state index in [1.54, 1.807) is 6.92 Å². The summed E-state index contributed by atoms with van der Waals surface area (Å²) in [5, 5.41) is 18.1. The van der Waals surface area contributed by atoms with Crippen LogP contribution in [0.4, 0.5) is 0 Å². The largest absolute Gasteiger partial charge is 0.409 e. The van der Waals surface area contributed by atoms with Gasteiger partial charge in [-0.05, 0) is 19.8 Å². The molecule has 18 heavy (non-hydrogen) atoms. The molecule has 0 saturated heterocycles. The van der Waals surface area contributed by atoms with Crippen LogP contribution in [-0.2, 0) is 0 Å². The van der Waals surface area contributed by atoms with Crippen LogP contribution in [0.25, 0.3) is 0 Å². The van der Waals surface area contributed by atoms with Gasteiger partial charge in [-0.3, -0.25) is 4.79 Å². The zero-order valence-electron chi connectivity index (χ0n) is 10.7. The van der Waals surface area contributed by atoms with E-state index in [-0.39, 0.29) is 11.6 Å². The molecule has 0 aliphatic heterocycles. The molecule has 0 aromatic carbocycles. The number of aromatic nitrogens is 1. The van der Waals surface area contributed by atoms with Crippen LogP contribution in [-0.4, -0.2) is 27.6 Å². The van der Waals surface area contributed by atoms with Crippen LogP contribution >= 0.6 is 0 Å². The van der Waals surface area contributed by atoms with Gasteiger partial charge >= 0.3 is 0 Å². The Morgan fingerprint density at radius 1 is 1.61 bits per heavy atom. The van der Waals surface area contributed by atoms with Crippen molar-refractivity contribution in [2.45, 2.75) is 39.2 Å². The quantitative estimate of drug-likeness (QED) is 0.314. The van der Waals surface area contributed by atoms with E-state index in [0.717, 1.165) is 0 Å². The highest BCUT2D eigenvalue weighted by Crippen LogP contribution is 2.16.